The molecule has 0 saturated carbocycles. The number of rotatable bonds is 8. The van der Waals surface area contributed by atoms with Crippen molar-refractivity contribution in [2.24, 2.45) is 5.10 Å². The highest BCUT2D eigenvalue weighted by molar-refractivity contribution is 6.02. The predicted octanol–water partition coefficient (Wildman–Crippen LogP) is 3.78. The summed E-state index contributed by atoms with van der Waals surface area (Å²) in [5.74, 6) is -2.69. The Kier molecular flexibility index (Phi) is 6.97. The number of hydrazone groups is 1. The molecule has 1 N–H and O–H groups in total. The van der Waals surface area contributed by atoms with Crippen LogP contribution in [0.3, 0.4) is 0 Å². The van der Waals surface area contributed by atoms with E-state index in [9.17, 15) is 22.4 Å². The maximum Gasteiger partial charge on any atom is 0.387 e. The van der Waals surface area contributed by atoms with E-state index in [1.807, 2.05) is 0 Å². The van der Waals surface area contributed by atoms with Gasteiger partial charge in [0.15, 0.2) is 23.1 Å². The van der Waals surface area contributed by atoms with Crippen LogP contribution in [0.1, 0.15) is 18.4 Å². The fourth-order valence-electron chi connectivity index (χ4n) is 3.54. The first-order chi connectivity index (χ1) is 15.9. The molecule has 2 aliphatic rings. The zero-order chi connectivity index (χ0) is 23.4. The van der Waals surface area contributed by atoms with Crippen LogP contribution in [0.25, 0.3) is 0 Å². The SMILES string of the molecule is O=C(CN1CCC(c2ccc(OC(F)F)c(OC3CCOC3)c2)=N1)Nc1cccc(F)c1F. The number of halogens is 4. The van der Waals surface area contributed by atoms with Crippen molar-refractivity contribution in [3.05, 3.63) is 53.6 Å². The van der Waals surface area contributed by atoms with E-state index in [0.717, 1.165) is 6.07 Å². The van der Waals surface area contributed by atoms with E-state index in [1.54, 1.807) is 12.1 Å². The third-order valence-electron chi connectivity index (χ3n) is 5.10. The topological polar surface area (TPSA) is 72.4 Å². The lowest BCUT2D eigenvalue weighted by Gasteiger charge is -2.17. The molecular weight excluding hydrogens is 446 g/mol. The lowest BCUT2D eigenvalue weighted by atomic mass is 10.1. The number of alkyl halides is 2. The predicted molar refractivity (Wildman–Crippen MR) is 111 cm³/mol. The molecule has 0 bridgehead atoms. The molecule has 7 nitrogen and oxygen atoms in total. The summed E-state index contributed by atoms with van der Waals surface area (Å²) in [6.07, 6.45) is 0.852. The molecule has 0 aromatic heterocycles. The Balaban J connectivity index is 1.45. The first-order valence-corrected chi connectivity index (χ1v) is 10.3. The number of hydrogen-bond acceptors (Lipinski definition) is 6. The molecule has 2 heterocycles. The van der Waals surface area contributed by atoms with Gasteiger partial charge in [0.1, 0.15) is 12.6 Å². The maximum atomic E-state index is 13.7. The van der Waals surface area contributed by atoms with Crippen molar-refractivity contribution >= 4 is 17.3 Å². The van der Waals surface area contributed by atoms with Crippen LogP contribution in [0.15, 0.2) is 41.5 Å². The van der Waals surface area contributed by atoms with Crippen molar-refractivity contribution in [3.63, 3.8) is 0 Å². The van der Waals surface area contributed by atoms with Crippen LogP contribution < -0.4 is 14.8 Å². The van der Waals surface area contributed by atoms with Crippen LogP contribution in [0, 0.1) is 11.6 Å². The van der Waals surface area contributed by atoms with E-state index >= 15 is 0 Å². The summed E-state index contributed by atoms with van der Waals surface area (Å²) in [5, 5.41) is 8.20. The van der Waals surface area contributed by atoms with E-state index in [4.69, 9.17) is 9.47 Å². The second-order valence-corrected chi connectivity index (χ2v) is 7.48. The molecule has 2 aromatic rings. The standard InChI is InChI=1S/C22H21F4N3O4/c23-15-2-1-3-17(21(15)24)27-20(30)11-29-8-6-16(28-29)13-4-5-18(33-22(25)26)19(10-13)32-14-7-9-31-12-14/h1-5,10,14,22H,6-9,11-12H2,(H,27,30). The van der Waals surface area contributed by atoms with Crippen molar-refractivity contribution in [1.82, 2.24) is 5.01 Å². The number of carbonyl (C=O) groups is 1. The first kappa shape index (κ1) is 22.8. The van der Waals surface area contributed by atoms with Gasteiger partial charge in [-0.25, -0.2) is 8.78 Å². The molecule has 0 spiro atoms. The minimum Gasteiger partial charge on any atom is -0.484 e. The van der Waals surface area contributed by atoms with Gasteiger partial charge in [0.05, 0.1) is 24.6 Å². The molecule has 0 aliphatic carbocycles. The summed E-state index contributed by atoms with van der Waals surface area (Å²) in [6.45, 7) is -1.88. The lowest BCUT2D eigenvalue weighted by Crippen LogP contribution is -2.28. The molecule has 176 valence electrons. The normalized spacial score (nSPS) is 17.9. The molecule has 11 heteroatoms. The number of benzene rings is 2. The Morgan fingerprint density at radius 1 is 1.24 bits per heavy atom. The fraction of sp³-hybridized carbons (Fsp3) is 0.364. The van der Waals surface area contributed by atoms with Crippen molar-refractivity contribution in [2.75, 3.05) is 31.6 Å². The van der Waals surface area contributed by atoms with Gasteiger partial charge in [0.2, 0.25) is 5.91 Å². The lowest BCUT2D eigenvalue weighted by molar-refractivity contribution is -0.117. The molecule has 1 unspecified atom stereocenters. The second-order valence-electron chi connectivity index (χ2n) is 7.48. The van der Waals surface area contributed by atoms with Crippen molar-refractivity contribution < 1.29 is 36.6 Å². The quantitative estimate of drug-likeness (QED) is 0.599. The molecule has 0 radical (unpaired) electrons. The van der Waals surface area contributed by atoms with Crippen LogP contribution in [0.4, 0.5) is 23.2 Å². The minimum atomic E-state index is -3.00. The summed E-state index contributed by atoms with van der Waals surface area (Å²) in [4.78, 5) is 12.2. The highest BCUT2D eigenvalue weighted by atomic mass is 19.3. The number of ether oxygens (including phenoxy) is 3. The largest absolute Gasteiger partial charge is 0.484 e. The molecule has 2 aliphatic heterocycles. The minimum absolute atomic E-state index is 0.0902. The van der Waals surface area contributed by atoms with Gasteiger partial charge in [0.25, 0.3) is 0 Å². The first-order valence-electron chi connectivity index (χ1n) is 10.3. The van der Waals surface area contributed by atoms with Crippen molar-refractivity contribution in [2.45, 2.75) is 25.6 Å². The molecule has 33 heavy (non-hydrogen) atoms. The molecule has 1 amide bonds. The molecule has 1 atom stereocenters. The Morgan fingerprint density at radius 2 is 2.09 bits per heavy atom. The van der Waals surface area contributed by atoms with Crippen LogP contribution in [-0.2, 0) is 9.53 Å². The van der Waals surface area contributed by atoms with Gasteiger partial charge in [-0.05, 0) is 30.3 Å². The molecule has 1 saturated heterocycles. The summed E-state index contributed by atoms with van der Waals surface area (Å²) in [6, 6.07) is 8.04. The van der Waals surface area contributed by atoms with Crippen LogP contribution >= 0.6 is 0 Å². The monoisotopic (exact) mass is 467 g/mol. The number of anilines is 1. The molecular formula is C22H21F4N3O4. The van der Waals surface area contributed by atoms with Gasteiger partial charge in [-0.3, -0.25) is 9.80 Å². The molecule has 1 fully saturated rings. The van der Waals surface area contributed by atoms with Gasteiger partial charge in [-0.2, -0.15) is 13.9 Å². The van der Waals surface area contributed by atoms with E-state index < -0.39 is 24.2 Å². The number of carbonyl (C=O) groups excluding carboxylic acids is 1. The van der Waals surface area contributed by atoms with E-state index in [-0.39, 0.29) is 29.8 Å². The van der Waals surface area contributed by atoms with E-state index in [1.165, 1.54) is 23.2 Å². The van der Waals surface area contributed by atoms with Gasteiger partial charge < -0.3 is 19.5 Å². The van der Waals surface area contributed by atoms with Crippen molar-refractivity contribution in [3.8, 4) is 11.5 Å². The van der Waals surface area contributed by atoms with Crippen LogP contribution in [0.2, 0.25) is 0 Å². The number of nitrogens with one attached hydrogen (secondary N) is 1. The average Bonchev–Trinajstić information content (AvgIpc) is 3.44. The fourth-order valence-corrected chi connectivity index (χ4v) is 3.54. The third-order valence-corrected chi connectivity index (χ3v) is 5.10. The summed E-state index contributed by atoms with van der Waals surface area (Å²) < 4.78 is 68.2. The molecule has 2 aromatic carbocycles. The van der Waals surface area contributed by atoms with Gasteiger partial charge in [-0.15, -0.1) is 0 Å². The van der Waals surface area contributed by atoms with Gasteiger partial charge >= 0.3 is 6.61 Å². The van der Waals surface area contributed by atoms with Crippen molar-refractivity contribution in [1.29, 1.82) is 0 Å². The number of hydrogen-bond donors (Lipinski definition) is 1. The molecule has 4 rings (SSSR count). The number of nitrogens with zero attached hydrogens (tertiary/aromatic N) is 2. The van der Waals surface area contributed by atoms with Gasteiger partial charge in [-0.1, -0.05) is 6.07 Å². The van der Waals surface area contributed by atoms with E-state index in [2.05, 4.69) is 15.2 Å². The highest BCUT2D eigenvalue weighted by Crippen LogP contribution is 2.33. The van der Waals surface area contributed by atoms with Gasteiger partial charge in [0, 0.05) is 24.9 Å². The average molecular weight is 467 g/mol. The summed E-state index contributed by atoms with van der Waals surface area (Å²) in [5.41, 5.74) is 0.996. The van der Waals surface area contributed by atoms with Crippen LogP contribution in [0.5, 0.6) is 11.5 Å². The second kappa shape index (κ2) is 10.1. The van der Waals surface area contributed by atoms with E-state index in [0.29, 0.717) is 43.9 Å². The zero-order valence-corrected chi connectivity index (χ0v) is 17.4. The zero-order valence-electron chi connectivity index (χ0n) is 17.4. The highest BCUT2D eigenvalue weighted by Gasteiger charge is 2.24. The van der Waals surface area contributed by atoms with Crippen LogP contribution in [-0.4, -0.2) is 55.6 Å². The Labute approximate surface area is 186 Å². The Morgan fingerprint density at radius 3 is 2.85 bits per heavy atom. The number of amides is 1. The Hall–Kier alpha value is -3.34. The maximum absolute atomic E-state index is 13.7. The Bertz CT molecular complexity index is 1040. The summed E-state index contributed by atoms with van der Waals surface area (Å²) >= 11 is 0. The smallest absolute Gasteiger partial charge is 0.387 e. The third kappa shape index (κ3) is 5.72. The summed E-state index contributed by atoms with van der Waals surface area (Å²) in [7, 11) is 0.